The Balaban J connectivity index is 3.41. The number of esters is 1. The molecule has 0 radical (unpaired) electrons. The van der Waals surface area contributed by atoms with Gasteiger partial charge in [-0.15, -0.1) is 0 Å². The molecule has 0 saturated carbocycles. The molecule has 0 spiro atoms. The lowest BCUT2D eigenvalue weighted by molar-refractivity contribution is -0.143. The van der Waals surface area contributed by atoms with Crippen LogP contribution in [0.4, 0.5) is 0 Å². The standard InChI is InChI=1S/C7H13ClO4S/c1-2-12-7(9)5-3-4-6-13(8,10)11/h2-6H2,1H3. The molecule has 0 saturated heterocycles. The van der Waals surface area contributed by atoms with Crippen LogP contribution in [0.25, 0.3) is 0 Å². The summed E-state index contributed by atoms with van der Waals surface area (Å²) in [6.45, 7) is 2.08. The van der Waals surface area contributed by atoms with E-state index in [4.69, 9.17) is 10.7 Å². The van der Waals surface area contributed by atoms with E-state index in [1.807, 2.05) is 0 Å². The predicted molar refractivity (Wildman–Crippen MR) is 50.1 cm³/mol. The second-order valence-electron chi connectivity index (χ2n) is 2.51. The molecule has 78 valence electrons. The Morgan fingerprint density at radius 1 is 1.38 bits per heavy atom. The molecule has 0 aliphatic heterocycles. The Bertz CT molecular complexity index is 247. The molecular formula is C7H13ClO4S. The molecule has 0 atom stereocenters. The molecule has 0 fully saturated rings. The van der Waals surface area contributed by atoms with Gasteiger partial charge in [0.25, 0.3) is 0 Å². The fraction of sp³-hybridized carbons (Fsp3) is 0.857. The van der Waals surface area contributed by atoms with Crippen molar-refractivity contribution >= 4 is 25.7 Å². The molecule has 0 rings (SSSR count). The van der Waals surface area contributed by atoms with Crippen LogP contribution in [-0.2, 0) is 18.6 Å². The van der Waals surface area contributed by atoms with Gasteiger partial charge in [0, 0.05) is 17.1 Å². The second-order valence-corrected chi connectivity index (χ2v) is 5.40. The van der Waals surface area contributed by atoms with E-state index in [1.54, 1.807) is 6.92 Å². The summed E-state index contributed by atoms with van der Waals surface area (Å²) in [6.07, 6.45) is 1.13. The van der Waals surface area contributed by atoms with Crippen LogP contribution in [0.2, 0.25) is 0 Å². The molecule has 0 aliphatic carbocycles. The van der Waals surface area contributed by atoms with Crippen molar-refractivity contribution in [3.63, 3.8) is 0 Å². The van der Waals surface area contributed by atoms with Crippen LogP contribution >= 0.6 is 10.7 Å². The van der Waals surface area contributed by atoms with Crippen LogP contribution in [0.1, 0.15) is 26.2 Å². The van der Waals surface area contributed by atoms with Crippen molar-refractivity contribution in [2.45, 2.75) is 26.2 Å². The molecule has 13 heavy (non-hydrogen) atoms. The smallest absolute Gasteiger partial charge is 0.305 e. The number of hydrogen-bond acceptors (Lipinski definition) is 4. The first-order valence-electron chi connectivity index (χ1n) is 4.03. The monoisotopic (exact) mass is 228 g/mol. The first-order chi connectivity index (χ1) is 5.95. The second kappa shape index (κ2) is 6.21. The topological polar surface area (TPSA) is 60.4 Å². The van der Waals surface area contributed by atoms with Crippen LogP contribution in [0.5, 0.6) is 0 Å². The lowest BCUT2D eigenvalue weighted by Crippen LogP contribution is -2.04. The number of rotatable bonds is 6. The maximum atomic E-state index is 10.8. The van der Waals surface area contributed by atoms with Gasteiger partial charge in [0.15, 0.2) is 0 Å². The zero-order chi connectivity index (χ0) is 10.3. The van der Waals surface area contributed by atoms with Crippen molar-refractivity contribution in [1.82, 2.24) is 0 Å². The van der Waals surface area contributed by atoms with E-state index in [9.17, 15) is 13.2 Å². The van der Waals surface area contributed by atoms with Gasteiger partial charge in [-0.05, 0) is 19.8 Å². The Labute approximate surface area is 82.6 Å². The number of carbonyl (C=O) groups excluding carboxylic acids is 1. The van der Waals surface area contributed by atoms with Crippen molar-refractivity contribution < 1.29 is 17.9 Å². The number of hydrogen-bond donors (Lipinski definition) is 0. The van der Waals surface area contributed by atoms with Gasteiger partial charge in [-0.25, -0.2) is 8.42 Å². The molecule has 0 aromatic carbocycles. The Hall–Kier alpha value is -0.290. The maximum Gasteiger partial charge on any atom is 0.305 e. The fourth-order valence-corrected chi connectivity index (χ4v) is 1.65. The van der Waals surface area contributed by atoms with Gasteiger partial charge < -0.3 is 4.74 Å². The highest BCUT2D eigenvalue weighted by Gasteiger charge is 2.06. The third-order valence-electron chi connectivity index (χ3n) is 1.32. The van der Waals surface area contributed by atoms with Gasteiger partial charge in [-0.2, -0.15) is 0 Å². The number of unbranched alkanes of at least 4 members (excludes halogenated alkanes) is 1. The number of halogens is 1. The van der Waals surface area contributed by atoms with Crippen molar-refractivity contribution in [3.8, 4) is 0 Å². The van der Waals surface area contributed by atoms with Crippen molar-refractivity contribution in [2.24, 2.45) is 0 Å². The molecule has 0 amide bonds. The predicted octanol–water partition coefficient (Wildman–Crippen LogP) is 1.29. The normalized spacial score (nSPS) is 11.2. The number of ether oxygens (including phenoxy) is 1. The van der Waals surface area contributed by atoms with Crippen LogP contribution in [0, 0.1) is 0 Å². The van der Waals surface area contributed by atoms with E-state index in [0.29, 0.717) is 19.4 Å². The van der Waals surface area contributed by atoms with Gasteiger partial charge in [-0.1, -0.05) is 0 Å². The highest BCUT2D eigenvalue weighted by Crippen LogP contribution is 2.04. The molecule has 0 aliphatic rings. The van der Waals surface area contributed by atoms with E-state index < -0.39 is 9.05 Å². The Kier molecular flexibility index (Phi) is 6.07. The molecule has 0 bridgehead atoms. The van der Waals surface area contributed by atoms with E-state index in [1.165, 1.54) is 0 Å². The molecular weight excluding hydrogens is 216 g/mol. The Morgan fingerprint density at radius 3 is 2.46 bits per heavy atom. The minimum atomic E-state index is -3.41. The quantitative estimate of drug-likeness (QED) is 0.391. The summed E-state index contributed by atoms with van der Waals surface area (Å²) < 4.78 is 25.6. The average Bonchev–Trinajstić information content (AvgIpc) is 1.97. The highest BCUT2D eigenvalue weighted by molar-refractivity contribution is 8.13. The molecule has 0 heterocycles. The van der Waals surface area contributed by atoms with Crippen LogP contribution in [0.3, 0.4) is 0 Å². The molecule has 0 N–H and O–H groups in total. The van der Waals surface area contributed by atoms with E-state index in [2.05, 4.69) is 4.74 Å². The minimum absolute atomic E-state index is 0.0893. The molecule has 4 nitrogen and oxygen atoms in total. The van der Waals surface area contributed by atoms with Crippen LogP contribution in [-0.4, -0.2) is 26.7 Å². The summed E-state index contributed by atoms with van der Waals surface area (Å²) in [5.74, 6) is -0.386. The maximum absolute atomic E-state index is 10.8. The SMILES string of the molecule is CCOC(=O)CCCCS(=O)(=O)Cl. The Morgan fingerprint density at radius 2 is 2.00 bits per heavy atom. The molecule has 0 aromatic heterocycles. The summed E-state index contributed by atoms with van der Waals surface area (Å²) in [4.78, 5) is 10.8. The summed E-state index contributed by atoms with van der Waals surface area (Å²) in [7, 11) is 1.55. The third kappa shape index (κ3) is 9.63. The largest absolute Gasteiger partial charge is 0.466 e. The summed E-state index contributed by atoms with van der Waals surface area (Å²) in [6, 6.07) is 0. The van der Waals surface area contributed by atoms with E-state index in [0.717, 1.165) is 0 Å². The summed E-state index contributed by atoms with van der Waals surface area (Å²) >= 11 is 0. The lowest BCUT2D eigenvalue weighted by Gasteiger charge is -2.00. The summed E-state index contributed by atoms with van der Waals surface area (Å²) in [5, 5.41) is 0. The summed E-state index contributed by atoms with van der Waals surface area (Å²) in [5.41, 5.74) is 0. The van der Waals surface area contributed by atoms with Crippen LogP contribution < -0.4 is 0 Å². The highest BCUT2D eigenvalue weighted by atomic mass is 35.7. The lowest BCUT2D eigenvalue weighted by atomic mass is 10.2. The fourth-order valence-electron chi connectivity index (χ4n) is 0.777. The van der Waals surface area contributed by atoms with Crippen LogP contribution in [0.15, 0.2) is 0 Å². The van der Waals surface area contributed by atoms with Crippen molar-refractivity contribution in [3.05, 3.63) is 0 Å². The third-order valence-corrected chi connectivity index (χ3v) is 2.56. The minimum Gasteiger partial charge on any atom is -0.466 e. The molecule has 6 heteroatoms. The van der Waals surface area contributed by atoms with Gasteiger partial charge in [0.05, 0.1) is 12.4 Å². The van der Waals surface area contributed by atoms with Gasteiger partial charge in [0.1, 0.15) is 0 Å². The first kappa shape index (κ1) is 12.7. The zero-order valence-electron chi connectivity index (χ0n) is 7.45. The molecule has 0 unspecified atom stereocenters. The first-order valence-corrected chi connectivity index (χ1v) is 6.51. The van der Waals surface area contributed by atoms with Crippen molar-refractivity contribution in [2.75, 3.05) is 12.4 Å². The molecule has 0 aromatic rings. The van der Waals surface area contributed by atoms with Gasteiger partial charge >= 0.3 is 5.97 Å². The average molecular weight is 229 g/mol. The van der Waals surface area contributed by atoms with Gasteiger partial charge in [0.2, 0.25) is 9.05 Å². The van der Waals surface area contributed by atoms with E-state index >= 15 is 0 Å². The zero-order valence-corrected chi connectivity index (χ0v) is 9.03. The van der Waals surface area contributed by atoms with E-state index in [-0.39, 0.29) is 18.1 Å². The van der Waals surface area contributed by atoms with Crippen molar-refractivity contribution in [1.29, 1.82) is 0 Å². The van der Waals surface area contributed by atoms with Gasteiger partial charge in [-0.3, -0.25) is 4.79 Å². The number of carbonyl (C=O) groups is 1.